The van der Waals surface area contributed by atoms with E-state index in [1.165, 1.54) is 39.2 Å². The lowest BCUT2D eigenvalue weighted by Gasteiger charge is -2.28. The standard InChI is InChI=1S/C32H38N4O3/c1-21(22-9-5-4-6-10-22)39-26-14-8-12-24(18-26)23-11-7-13-25(17-23)36-16-15-27(32(37)38-3)31(36)29-19-28(29)30(35-33)20-34-2/h7-8,11-18,20-22,28-29,33-34H,4-6,9-10,19H2,1-3H3/b30-20-,35-33?/t21?,28-,29?/m0/s1. The number of hydrogen-bond acceptors (Lipinski definition) is 6. The molecule has 2 aromatic carbocycles. The normalized spacial score (nSPS) is 20.2. The highest BCUT2D eigenvalue weighted by Crippen LogP contribution is 2.53. The molecule has 5 rings (SSSR count). The minimum Gasteiger partial charge on any atom is -0.490 e. The van der Waals surface area contributed by atoms with Gasteiger partial charge in [0.15, 0.2) is 0 Å². The van der Waals surface area contributed by atoms with E-state index in [1.54, 1.807) is 13.2 Å². The van der Waals surface area contributed by atoms with Crippen LogP contribution in [0.1, 0.15) is 67.4 Å². The van der Waals surface area contributed by atoms with Crippen molar-refractivity contribution in [1.29, 1.82) is 5.53 Å². The zero-order chi connectivity index (χ0) is 27.4. The van der Waals surface area contributed by atoms with Crippen molar-refractivity contribution in [2.24, 2.45) is 17.0 Å². The summed E-state index contributed by atoms with van der Waals surface area (Å²) in [6.45, 7) is 2.20. The summed E-state index contributed by atoms with van der Waals surface area (Å²) in [7, 11) is 3.21. The molecule has 0 radical (unpaired) electrons. The number of carbonyl (C=O) groups is 1. The molecule has 7 heteroatoms. The predicted octanol–water partition coefficient (Wildman–Crippen LogP) is 7.47. The molecule has 7 nitrogen and oxygen atoms in total. The Hall–Kier alpha value is -3.87. The molecule has 0 aliphatic heterocycles. The lowest BCUT2D eigenvalue weighted by molar-refractivity contribution is 0.0599. The average molecular weight is 527 g/mol. The topological polar surface area (TPSA) is 88.7 Å². The number of benzene rings is 2. The molecule has 3 aromatic rings. The third kappa shape index (κ3) is 5.77. The number of carbonyl (C=O) groups excluding carboxylic acids is 1. The SMILES string of the molecule is CN/C=C(\N=N)[C@H]1CC1c1c(C(=O)OC)ccn1-c1cccc(-c2cccc(OC(C)C3CCCCC3)c2)c1. The Morgan fingerprint density at radius 1 is 1.10 bits per heavy atom. The number of esters is 1. The molecule has 2 N–H and O–H groups in total. The van der Waals surface area contributed by atoms with Gasteiger partial charge in [-0.1, -0.05) is 43.5 Å². The van der Waals surface area contributed by atoms with E-state index in [0.29, 0.717) is 17.2 Å². The van der Waals surface area contributed by atoms with Crippen LogP contribution in [-0.2, 0) is 4.74 Å². The molecule has 39 heavy (non-hydrogen) atoms. The molecule has 204 valence electrons. The summed E-state index contributed by atoms with van der Waals surface area (Å²) in [6.07, 6.45) is 11.2. The summed E-state index contributed by atoms with van der Waals surface area (Å²) in [5.41, 5.74) is 12.8. The zero-order valence-electron chi connectivity index (χ0n) is 23.0. The molecule has 0 bridgehead atoms. The highest BCUT2D eigenvalue weighted by Gasteiger charge is 2.45. The number of rotatable bonds is 10. The first-order valence-electron chi connectivity index (χ1n) is 14.0. The van der Waals surface area contributed by atoms with E-state index in [4.69, 9.17) is 15.0 Å². The molecule has 2 aliphatic rings. The fourth-order valence-corrected chi connectivity index (χ4v) is 6.02. The first kappa shape index (κ1) is 26.7. The number of hydrogen-bond donors (Lipinski definition) is 2. The lowest BCUT2D eigenvalue weighted by Crippen LogP contribution is -2.25. The predicted molar refractivity (Wildman–Crippen MR) is 152 cm³/mol. The Labute approximate surface area is 230 Å². The minimum atomic E-state index is -0.357. The zero-order valence-corrected chi connectivity index (χ0v) is 23.0. The molecular formula is C32H38N4O3. The molecule has 2 fully saturated rings. The number of aromatic nitrogens is 1. The van der Waals surface area contributed by atoms with Gasteiger partial charge in [-0.15, -0.1) is 0 Å². The second kappa shape index (κ2) is 11.9. The van der Waals surface area contributed by atoms with Gasteiger partial charge in [0, 0.05) is 42.7 Å². The van der Waals surface area contributed by atoms with Gasteiger partial charge in [-0.2, -0.15) is 5.11 Å². The molecular weight excluding hydrogens is 488 g/mol. The number of methoxy groups -OCH3 is 1. The quantitative estimate of drug-likeness (QED) is 0.212. The Morgan fingerprint density at radius 2 is 1.85 bits per heavy atom. The van der Waals surface area contributed by atoms with Crippen LogP contribution in [0.15, 0.2) is 77.8 Å². The van der Waals surface area contributed by atoms with Gasteiger partial charge in [-0.05, 0) is 73.6 Å². The Balaban J connectivity index is 1.43. The number of nitrogens with zero attached hydrogens (tertiary/aromatic N) is 2. The highest BCUT2D eigenvalue weighted by atomic mass is 16.5. The molecule has 2 aliphatic carbocycles. The van der Waals surface area contributed by atoms with E-state index in [0.717, 1.165) is 34.7 Å². The Bertz CT molecular complexity index is 1350. The van der Waals surface area contributed by atoms with Crippen LogP contribution in [0.5, 0.6) is 5.75 Å². The van der Waals surface area contributed by atoms with Crippen LogP contribution in [0.3, 0.4) is 0 Å². The van der Waals surface area contributed by atoms with E-state index in [9.17, 15) is 4.79 Å². The van der Waals surface area contributed by atoms with Crippen LogP contribution >= 0.6 is 0 Å². The second-order valence-corrected chi connectivity index (χ2v) is 10.7. The maximum absolute atomic E-state index is 12.7. The molecule has 2 saturated carbocycles. The summed E-state index contributed by atoms with van der Waals surface area (Å²) in [5, 5.41) is 6.70. The molecule has 1 heterocycles. The lowest BCUT2D eigenvalue weighted by atomic mass is 9.86. The van der Waals surface area contributed by atoms with Crippen LogP contribution in [-0.4, -0.2) is 30.8 Å². The number of nitrogens with one attached hydrogen (secondary N) is 2. The van der Waals surface area contributed by atoms with E-state index in [-0.39, 0.29) is 23.9 Å². The summed E-state index contributed by atoms with van der Waals surface area (Å²) in [5.74, 6) is 1.32. The maximum Gasteiger partial charge on any atom is 0.339 e. The molecule has 0 spiro atoms. The van der Waals surface area contributed by atoms with E-state index in [2.05, 4.69) is 58.3 Å². The van der Waals surface area contributed by atoms with Gasteiger partial charge in [-0.3, -0.25) is 0 Å². The fraction of sp³-hybridized carbons (Fsp3) is 0.406. The van der Waals surface area contributed by atoms with Crippen LogP contribution in [0, 0.1) is 17.4 Å². The van der Waals surface area contributed by atoms with Crippen LogP contribution in [0.25, 0.3) is 16.8 Å². The fourth-order valence-electron chi connectivity index (χ4n) is 6.02. The highest BCUT2D eigenvalue weighted by molar-refractivity contribution is 5.91. The smallest absolute Gasteiger partial charge is 0.339 e. The van der Waals surface area contributed by atoms with E-state index >= 15 is 0 Å². The van der Waals surface area contributed by atoms with Gasteiger partial charge in [0.25, 0.3) is 0 Å². The van der Waals surface area contributed by atoms with E-state index < -0.39 is 0 Å². The monoisotopic (exact) mass is 526 g/mol. The second-order valence-electron chi connectivity index (χ2n) is 10.7. The molecule has 1 aromatic heterocycles. The van der Waals surface area contributed by atoms with Crippen molar-refractivity contribution < 1.29 is 14.3 Å². The molecule has 0 saturated heterocycles. The third-order valence-corrected chi connectivity index (χ3v) is 8.20. The average Bonchev–Trinajstić information content (AvgIpc) is 3.64. The maximum atomic E-state index is 12.7. The van der Waals surface area contributed by atoms with Crippen molar-refractivity contribution in [1.82, 2.24) is 9.88 Å². The van der Waals surface area contributed by atoms with Gasteiger partial charge in [0.1, 0.15) is 5.75 Å². The van der Waals surface area contributed by atoms with E-state index in [1.807, 2.05) is 24.4 Å². The van der Waals surface area contributed by atoms with Gasteiger partial charge in [0.2, 0.25) is 0 Å². The van der Waals surface area contributed by atoms with Gasteiger partial charge in [0.05, 0.1) is 24.5 Å². The Kier molecular flexibility index (Phi) is 8.15. The molecule has 3 atom stereocenters. The van der Waals surface area contributed by atoms with Gasteiger partial charge >= 0.3 is 5.97 Å². The first-order valence-corrected chi connectivity index (χ1v) is 14.0. The van der Waals surface area contributed by atoms with Gasteiger partial charge < -0.3 is 19.4 Å². The van der Waals surface area contributed by atoms with Crippen molar-refractivity contribution >= 4 is 5.97 Å². The third-order valence-electron chi connectivity index (χ3n) is 8.20. The summed E-state index contributed by atoms with van der Waals surface area (Å²) >= 11 is 0. The summed E-state index contributed by atoms with van der Waals surface area (Å²) in [6, 6.07) is 18.5. The van der Waals surface area contributed by atoms with Crippen LogP contribution in [0.2, 0.25) is 0 Å². The molecule has 2 unspecified atom stereocenters. The van der Waals surface area contributed by atoms with Crippen molar-refractivity contribution in [3.63, 3.8) is 0 Å². The van der Waals surface area contributed by atoms with Crippen molar-refractivity contribution in [3.05, 3.63) is 83.9 Å². The first-order chi connectivity index (χ1) is 19.0. The summed E-state index contributed by atoms with van der Waals surface area (Å²) in [4.78, 5) is 12.7. The van der Waals surface area contributed by atoms with Crippen LogP contribution < -0.4 is 10.1 Å². The summed E-state index contributed by atoms with van der Waals surface area (Å²) < 4.78 is 13.6. The van der Waals surface area contributed by atoms with Crippen molar-refractivity contribution in [3.8, 4) is 22.6 Å². The number of ether oxygens (including phenoxy) is 2. The van der Waals surface area contributed by atoms with Crippen molar-refractivity contribution in [2.45, 2.75) is 57.5 Å². The Morgan fingerprint density at radius 3 is 2.56 bits per heavy atom. The number of allylic oxidation sites excluding steroid dienone is 1. The van der Waals surface area contributed by atoms with Gasteiger partial charge in [-0.25, -0.2) is 10.3 Å². The molecule has 0 amide bonds. The van der Waals surface area contributed by atoms with Crippen molar-refractivity contribution in [2.75, 3.05) is 14.2 Å². The van der Waals surface area contributed by atoms with Crippen LogP contribution in [0.4, 0.5) is 0 Å². The largest absolute Gasteiger partial charge is 0.490 e. The minimum absolute atomic E-state index is 0.0736.